The Kier molecular flexibility index (Phi) is 5.23. The van der Waals surface area contributed by atoms with Gasteiger partial charge in [0.2, 0.25) is 0 Å². The number of aliphatic hydroxyl groups is 1. The second-order valence-electron chi connectivity index (χ2n) is 6.14. The highest BCUT2D eigenvalue weighted by Gasteiger charge is 2.17. The summed E-state index contributed by atoms with van der Waals surface area (Å²) in [4.78, 5) is 30.5. The molecule has 0 fully saturated rings. The molecule has 1 aliphatic carbocycles. The molecule has 7 N–H and O–H groups in total. The molecule has 0 saturated carbocycles. The summed E-state index contributed by atoms with van der Waals surface area (Å²) in [5, 5.41) is 47.5. The van der Waals surface area contributed by atoms with Crippen LogP contribution in [0.5, 0.6) is 11.5 Å². The summed E-state index contributed by atoms with van der Waals surface area (Å²) in [6.07, 6.45) is 2.51. The normalized spacial score (nSPS) is 16.3. The Labute approximate surface area is 168 Å². The van der Waals surface area contributed by atoms with Crippen molar-refractivity contribution in [2.45, 2.75) is 0 Å². The summed E-state index contributed by atoms with van der Waals surface area (Å²) < 4.78 is 0. The van der Waals surface area contributed by atoms with E-state index in [0.29, 0.717) is 0 Å². The van der Waals surface area contributed by atoms with Crippen LogP contribution in [0.2, 0.25) is 0 Å². The van der Waals surface area contributed by atoms with E-state index in [0.717, 1.165) is 18.2 Å². The minimum atomic E-state index is -1.34. The van der Waals surface area contributed by atoms with Crippen LogP contribution < -0.4 is 5.73 Å². The van der Waals surface area contributed by atoms with Crippen LogP contribution in [-0.4, -0.2) is 48.9 Å². The maximum Gasteiger partial charge on any atom is 0.339 e. The first kappa shape index (κ1) is 20.1. The van der Waals surface area contributed by atoms with E-state index in [4.69, 9.17) is 15.9 Å². The molecule has 10 nitrogen and oxygen atoms in total. The van der Waals surface area contributed by atoms with Crippen LogP contribution in [0.3, 0.4) is 0 Å². The fourth-order valence-electron chi connectivity index (χ4n) is 2.58. The number of carbonyl (C=O) groups is 2. The quantitative estimate of drug-likeness (QED) is 0.416. The van der Waals surface area contributed by atoms with Gasteiger partial charge in [0.15, 0.2) is 0 Å². The van der Waals surface area contributed by atoms with Crippen LogP contribution in [-0.2, 0) is 0 Å². The molecule has 0 radical (unpaired) electrons. The minimum Gasteiger partial charge on any atom is -0.507 e. The van der Waals surface area contributed by atoms with Crippen molar-refractivity contribution in [1.82, 2.24) is 0 Å². The van der Waals surface area contributed by atoms with Gasteiger partial charge in [0.05, 0.1) is 22.8 Å². The topological polar surface area (TPSA) is 186 Å². The van der Waals surface area contributed by atoms with Crippen LogP contribution in [0.1, 0.15) is 20.7 Å². The van der Waals surface area contributed by atoms with Gasteiger partial charge in [-0.25, -0.2) is 19.6 Å². The zero-order chi connectivity index (χ0) is 22.0. The number of phenols is 2. The molecule has 0 bridgehead atoms. The average molecular weight is 409 g/mol. The highest BCUT2D eigenvalue weighted by Crippen LogP contribution is 2.26. The molecular formula is C20H15N3O7. The van der Waals surface area contributed by atoms with E-state index >= 15 is 0 Å². The van der Waals surface area contributed by atoms with Gasteiger partial charge < -0.3 is 31.3 Å². The van der Waals surface area contributed by atoms with Gasteiger partial charge in [-0.1, -0.05) is 0 Å². The molecule has 152 valence electrons. The number of nitrogens with two attached hydrogens (primary N) is 1. The Bertz CT molecular complexity index is 1100. The predicted molar refractivity (Wildman–Crippen MR) is 107 cm³/mol. The molecule has 2 aromatic rings. The van der Waals surface area contributed by atoms with Gasteiger partial charge in [0.25, 0.3) is 0 Å². The lowest BCUT2D eigenvalue weighted by Crippen LogP contribution is -2.18. The first-order valence-electron chi connectivity index (χ1n) is 8.34. The molecule has 0 heterocycles. The number of aromatic carboxylic acids is 2. The van der Waals surface area contributed by atoms with Crippen LogP contribution in [0.4, 0.5) is 11.4 Å². The lowest BCUT2D eigenvalue weighted by atomic mass is 10.1. The molecule has 30 heavy (non-hydrogen) atoms. The van der Waals surface area contributed by atoms with Crippen molar-refractivity contribution in [1.29, 1.82) is 0 Å². The van der Waals surface area contributed by atoms with Crippen molar-refractivity contribution in [2.24, 2.45) is 15.7 Å². The third-order valence-electron chi connectivity index (χ3n) is 4.04. The standard InChI is InChI=1S/C20H15N3O7/c21-13-7-15(23-10-2-4-17(25)12(6-10)20(29)30)18(26)8-14(13)22-9-1-3-16(24)11(5-9)19(27)28/h1-8,24-26H,21H2,(H,27,28)(H,29,30). The number of rotatable bonds is 4. The zero-order valence-corrected chi connectivity index (χ0v) is 15.1. The number of benzene rings is 2. The summed E-state index contributed by atoms with van der Waals surface area (Å²) in [5.74, 6) is -3.82. The Morgan fingerprint density at radius 2 is 1.20 bits per heavy atom. The molecule has 0 atom stereocenters. The van der Waals surface area contributed by atoms with Crippen LogP contribution in [0.15, 0.2) is 70.0 Å². The second kappa shape index (κ2) is 7.80. The Hall–Kier alpha value is -4.60. The summed E-state index contributed by atoms with van der Waals surface area (Å²) in [7, 11) is 0. The van der Waals surface area contributed by atoms with Gasteiger partial charge in [0.1, 0.15) is 34.1 Å². The summed E-state index contributed by atoms with van der Waals surface area (Å²) in [5.41, 5.74) is 5.88. The summed E-state index contributed by atoms with van der Waals surface area (Å²) in [6.45, 7) is 0. The van der Waals surface area contributed by atoms with Crippen molar-refractivity contribution < 1.29 is 35.1 Å². The Balaban J connectivity index is 1.96. The highest BCUT2D eigenvalue weighted by atomic mass is 16.4. The fraction of sp³-hybridized carbons (Fsp3) is 0. The van der Waals surface area contributed by atoms with E-state index in [1.165, 1.54) is 30.4 Å². The largest absolute Gasteiger partial charge is 0.507 e. The predicted octanol–water partition coefficient (Wildman–Crippen LogP) is 2.64. The van der Waals surface area contributed by atoms with E-state index in [2.05, 4.69) is 9.98 Å². The molecular weight excluding hydrogens is 394 g/mol. The molecule has 10 heteroatoms. The second-order valence-corrected chi connectivity index (χ2v) is 6.14. The average Bonchev–Trinajstić information content (AvgIpc) is 2.68. The van der Waals surface area contributed by atoms with Gasteiger partial charge in [-0.05, 0) is 42.5 Å². The van der Waals surface area contributed by atoms with E-state index in [-0.39, 0.29) is 45.4 Å². The van der Waals surface area contributed by atoms with Crippen molar-refractivity contribution in [2.75, 3.05) is 0 Å². The first-order chi connectivity index (χ1) is 14.2. The van der Waals surface area contributed by atoms with Crippen LogP contribution >= 0.6 is 0 Å². The van der Waals surface area contributed by atoms with E-state index < -0.39 is 23.4 Å². The SMILES string of the molecule is NC1=CC(=Nc2ccc(O)c(C(=O)O)c2)C(O)=CC1=Nc1ccc(O)c(C(=O)O)c1. The number of allylic oxidation sites excluding steroid dienone is 2. The number of aliphatic hydroxyl groups excluding tert-OH is 1. The maximum absolute atomic E-state index is 11.1. The van der Waals surface area contributed by atoms with Crippen molar-refractivity contribution in [3.05, 3.63) is 71.1 Å². The molecule has 0 aromatic heterocycles. The van der Waals surface area contributed by atoms with Crippen LogP contribution in [0, 0.1) is 0 Å². The van der Waals surface area contributed by atoms with Gasteiger partial charge in [-0.3, -0.25) is 0 Å². The molecule has 1 aliphatic rings. The van der Waals surface area contributed by atoms with E-state index in [1.54, 1.807) is 0 Å². The zero-order valence-electron chi connectivity index (χ0n) is 15.1. The first-order valence-corrected chi connectivity index (χ1v) is 8.34. The van der Waals surface area contributed by atoms with Gasteiger partial charge in [0, 0.05) is 6.08 Å². The summed E-state index contributed by atoms with van der Waals surface area (Å²) in [6, 6.07) is 7.36. The number of aromatic hydroxyl groups is 2. The Morgan fingerprint density at radius 1 is 0.733 bits per heavy atom. The Morgan fingerprint density at radius 3 is 1.67 bits per heavy atom. The third kappa shape index (κ3) is 4.12. The molecule has 0 spiro atoms. The smallest absolute Gasteiger partial charge is 0.339 e. The molecule has 0 aliphatic heterocycles. The van der Waals surface area contributed by atoms with E-state index in [1.807, 2.05) is 0 Å². The lowest BCUT2D eigenvalue weighted by molar-refractivity contribution is 0.0682. The maximum atomic E-state index is 11.1. The highest BCUT2D eigenvalue weighted by molar-refractivity contribution is 6.23. The number of hydrogen-bond acceptors (Lipinski definition) is 8. The molecule has 0 amide bonds. The van der Waals surface area contributed by atoms with Gasteiger partial charge in [-0.15, -0.1) is 0 Å². The molecule has 0 unspecified atom stereocenters. The number of carboxylic acid groups (broad SMARTS) is 2. The number of carboxylic acids is 2. The fourth-order valence-corrected chi connectivity index (χ4v) is 2.58. The van der Waals surface area contributed by atoms with Gasteiger partial charge >= 0.3 is 11.9 Å². The van der Waals surface area contributed by atoms with E-state index in [9.17, 15) is 24.9 Å². The number of nitrogens with zero attached hydrogens (tertiary/aromatic N) is 2. The lowest BCUT2D eigenvalue weighted by Gasteiger charge is -2.12. The van der Waals surface area contributed by atoms with Crippen molar-refractivity contribution >= 4 is 34.7 Å². The monoisotopic (exact) mass is 409 g/mol. The van der Waals surface area contributed by atoms with Crippen molar-refractivity contribution in [3.8, 4) is 11.5 Å². The van der Waals surface area contributed by atoms with Crippen molar-refractivity contribution in [3.63, 3.8) is 0 Å². The molecule has 3 rings (SSSR count). The molecule has 2 aromatic carbocycles. The van der Waals surface area contributed by atoms with Crippen LogP contribution in [0.25, 0.3) is 0 Å². The number of aliphatic imine (C=N–C) groups is 2. The third-order valence-corrected chi connectivity index (χ3v) is 4.04. The molecule has 0 saturated heterocycles. The van der Waals surface area contributed by atoms with Gasteiger partial charge in [-0.2, -0.15) is 0 Å². The summed E-state index contributed by atoms with van der Waals surface area (Å²) >= 11 is 0. The minimum absolute atomic E-state index is 0.0328. The number of hydrogen-bond donors (Lipinski definition) is 6.